The van der Waals surface area contributed by atoms with Crippen molar-refractivity contribution in [3.8, 4) is 0 Å². The Morgan fingerprint density at radius 1 is 1.10 bits per heavy atom. The lowest BCUT2D eigenvalue weighted by atomic mass is 10.1. The van der Waals surface area contributed by atoms with E-state index in [1.54, 1.807) is 12.1 Å². The van der Waals surface area contributed by atoms with Crippen molar-refractivity contribution in [2.24, 2.45) is 0 Å². The van der Waals surface area contributed by atoms with Gasteiger partial charge in [-0.1, -0.05) is 19.1 Å². The summed E-state index contributed by atoms with van der Waals surface area (Å²) in [5.74, 6) is -2.00. The Hall–Kier alpha value is -2.78. The van der Waals surface area contributed by atoms with Crippen LogP contribution in [0.1, 0.15) is 19.4 Å². The molecule has 9 heteroatoms. The molecule has 0 fully saturated rings. The van der Waals surface area contributed by atoms with Gasteiger partial charge in [0.25, 0.3) is 5.91 Å². The second-order valence-electron chi connectivity index (χ2n) is 6.39. The van der Waals surface area contributed by atoms with Crippen LogP contribution in [0.3, 0.4) is 0 Å². The molecule has 0 aliphatic rings. The average Bonchev–Trinajstić information content (AvgIpc) is 2.68. The van der Waals surface area contributed by atoms with Crippen molar-refractivity contribution in [3.05, 3.63) is 59.9 Å². The number of esters is 1. The zero-order chi connectivity index (χ0) is 21.6. The molecule has 0 heterocycles. The second kappa shape index (κ2) is 9.62. The van der Waals surface area contributed by atoms with Gasteiger partial charge in [0.1, 0.15) is 12.4 Å². The fourth-order valence-corrected chi connectivity index (χ4v) is 3.52. The Labute approximate surface area is 169 Å². The third-order valence-electron chi connectivity index (χ3n) is 4.18. The fraction of sp³-hybridized carbons (Fsp3) is 0.300. The van der Waals surface area contributed by atoms with Gasteiger partial charge in [-0.15, -0.1) is 0 Å². The standard InChI is InChI=1S/C20H23FN2O5S/c1-4-15-5-9-17(10-6-15)22-20(25)14(2)28-19(24)13-23(3)29(26,27)18-11-7-16(21)8-12-18/h5-12,14H,4,13H2,1-3H3,(H,22,25)/t14-/m1/s1. The number of hydrogen-bond donors (Lipinski definition) is 1. The first-order valence-corrected chi connectivity index (χ1v) is 10.4. The van der Waals surface area contributed by atoms with Gasteiger partial charge in [-0.2, -0.15) is 4.31 Å². The van der Waals surface area contributed by atoms with E-state index in [0.29, 0.717) is 5.69 Å². The molecule has 29 heavy (non-hydrogen) atoms. The molecule has 0 spiro atoms. The van der Waals surface area contributed by atoms with Gasteiger partial charge >= 0.3 is 5.97 Å². The number of sulfonamides is 1. The summed E-state index contributed by atoms with van der Waals surface area (Å²) in [5.41, 5.74) is 1.68. The van der Waals surface area contributed by atoms with E-state index in [2.05, 4.69) is 5.32 Å². The molecule has 0 aliphatic heterocycles. The summed E-state index contributed by atoms with van der Waals surface area (Å²) >= 11 is 0. The Bertz CT molecular complexity index is 959. The minimum Gasteiger partial charge on any atom is -0.452 e. The zero-order valence-electron chi connectivity index (χ0n) is 16.4. The Morgan fingerprint density at radius 2 is 1.69 bits per heavy atom. The van der Waals surface area contributed by atoms with Crippen LogP contribution in [0, 0.1) is 5.82 Å². The third kappa shape index (κ3) is 6.10. The number of nitrogens with one attached hydrogen (secondary N) is 1. The summed E-state index contributed by atoms with van der Waals surface area (Å²) in [6, 6.07) is 11.5. The van der Waals surface area contributed by atoms with Crippen molar-refractivity contribution in [3.63, 3.8) is 0 Å². The van der Waals surface area contributed by atoms with Crippen molar-refractivity contribution < 1.29 is 27.1 Å². The smallest absolute Gasteiger partial charge is 0.322 e. The van der Waals surface area contributed by atoms with Crippen LogP contribution in [0.15, 0.2) is 53.4 Å². The van der Waals surface area contributed by atoms with Crippen molar-refractivity contribution in [2.45, 2.75) is 31.3 Å². The summed E-state index contributed by atoms with van der Waals surface area (Å²) in [5, 5.41) is 2.63. The van der Waals surface area contributed by atoms with Crippen molar-refractivity contribution >= 4 is 27.6 Å². The van der Waals surface area contributed by atoms with Gasteiger partial charge in [-0.3, -0.25) is 9.59 Å². The highest BCUT2D eigenvalue weighted by molar-refractivity contribution is 7.89. The largest absolute Gasteiger partial charge is 0.452 e. The van der Waals surface area contributed by atoms with Crippen LogP contribution in [-0.4, -0.2) is 44.3 Å². The van der Waals surface area contributed by atoms with Crippen LogP contribution in [-0.2, 0) is 30.8 Å². The topological polar surface area (TPSA) is 92.8 Å². The molecule has 0 radical (unpaired) electrons. The Balaban J connectivity index is 1.92. The molecule has 2 rings (SSSR count). The molecule has 2 aromatic carbocycles. The van der Waals surface area contributed by atoms with E-state index in [9.17, 15) is 22.4 Å². The van der Waals surface area contributed by atoms with E-state index in [0.717, 1.165) is 40.6 Å². The molecule has 1 amide bonds. The highest BCUT2D eigenvalue weighted by Gasteiger charge is 2.25. The van der Waals surface area contributed by atoms with E-state index in [1.807, 2.05) is 19.1 Å². The second-order valence-corrected chi connectivity index (χ2v) is 8.43. The molecule has 0 saturated carbocycles. The molecule has 0 aliphatic carbocycles. The number of hydrogen-bond acceptors (Lipinski definition) is 5. The number of carbonyl (C=O) groups excluding carboxylic acids is 2. The molecule has 1 N–H and O–H groups in total. The highest BCUT2D eigenvalue weighted by Crippen LogP contribution is 2.15. The molecule has 2 aromatic rings. The zero-order valence-corrected chi connectivity index (χ0v) is 17.2. The highest BCUT2D eigenvalue weighted by atomic mass is 32.2. The van der Waals surface area contributed by atoms with Crippen molar-refractivity contribution in [1.29, 1.82) is 0 Å². The molecule has 156 valence electrons. The number of ether oxygens (including phenoxy) is 1. The van der Waals surface area contributed by atoms with Crippen LogP contribution < -0.4 is 5.32 Å². The minimum atomic E-state index is -4.00. The number of amides is 1. The lowest BCUT2D eigenvalue weighted by molar-refractivity contribution is -0.153. The van der Waals surface area contributed by atoms with E-state index >= 15 is 0 Å². The van der Waals surface area contributed by atoms with Crippen LogP contribution in [0.2, 0.25) is 0 Å². The van der Waals surface area contributed by atoms with Gasteiger partial charge in [0.2, 0.25) is 10.0 Å². The summed E-state index contributed by atoms with van der Waals surface area (Å²) in [6.45, 7) is 2.81. The predicted octanol–water partition coefficient (Wildman–Crippen LogP) is 2.58. The summed E-state index contributed by atoms with van der Waals surface area (Å²) in [6.07, 6.45) is -0.244. The third-order valence-corrected chi connectivity index (χ3v) is 6.00. The molecule has 0 unspecified atom stereocenters. The summed E-state index contributed by atoms with van der Waals surface area (Å²) in [4.78, 5) is 24.1. The van der Waals surface area contributed by atoms with Gasteiger partial charge < -0.3 is 10.1 Å². The maximum atomic E-state index is 13.0. The number of halogens is 1. The number of aryl methyl sites for hydroxylation is 1. The summed E-state index contributed by atoms with van der Waals surface area (Å²) in [7, 11) is -2.80. The Morgan fingerprint density at radius 3 is 2.24 bits per heavy atom. The number of anilines is 1. The monoisotopic (exact) mass is 422 g/mol. The van der Waals surface area contributed by atoms with Crippen LogP contribution >= 0.6 is 0 Å². The molecule has 0 aromatic heterocycles. The molecule has 7 nitrogen and oxygen atoms in total. The average molecular weight is 422 g/mol. The SMILES string of the molecule is CCc1ccc(NC(=O)[C@@H](C)OC(=O)CN(C)S(=O)(=O)c2ccc(F)cc2)cc1. The summed E-state index contributed by atoms with van der Waals surface area (Å²) < 4.78 is 43.6. The number of rotatable bonds is 8. The number of carbonyl (C=O) groups is 2. The van der Waals surface area contributed by atoms with Gasteiger partial charge in [0.15, 0.2) is 6.10 Å². The maximum absolute atomic E-state index is 13.0. The van der Waals surface area contributed by atoms with Crippen LogP contribution in [0.25, 0.3) is 0 Å². The van der Waals surface area contributed by atoms with Crippen molar-refractivity contribution in [1.82, 2.24) is 4.31 Å². The van der Waals surface area contributed by atoms with E-state index in [4.69, 9.17) is 4.74 Å². The number of benzene rings is 2. The normalized spacial score (nSPS) is 12.4. The van der Waals surface area contributed by atoms with Gasteiger partial charge in [-0.25, -0.2) is 12.8 Å². The minimum absolute atomic E-state index is 0.157. The van der Waals surface area contributed by atoms with Gasteiger partial charge in [0, 0.05) is 12.7 Å². The maximum Gasteiger partial charge on any atom is 0.322 e. The Kier molecular flexibility index (Phi) is 7.46. The molecular formula is C20H23FN2O5S. The van der Waals surface area contributed by atoms with Gasteiger partial charge in [0.05, 0.1) is 4.90 Å². The fourth-order valence-electron chi connectivity index (χ4n) is 2.41. The van der Waals surface area contributed by atoms with Crippen molar-refractivity contribution in [2.75, 3.05) is 18.9 Å². The first-order valence-electron chi connectivity index (χ1n) is 8.94. The van der Waals surface area contributed by atoms with E-state index < -0.39 is 40.4 Å². The number of likely N-dealkylation sites (N-methyl/N-ethyl adjacent to an activating group) is 1. The number of nitrogens with zero attached hydrogens (tertiary/aromatic N) is 1. The first kappa shape index (κ1) is 22.5. The van der Waals surface area contributed by atoms with Crippen LogP contribution in [0.5, 0.6) is 0 Å². The predicted molar refractivity (Wildman–Crippen MR) is 106 cm³/mol. The lowest BCUT2D eigenvalue weighted by Gasteiger charge is -2.18. The van der Waals surface area contributed by atoms with Crippen LogP contribution in [0.4, 0.5) is 10.1 Å². The van der Waals surface area contributed by atoms with Gasteiger partial charge in [-0.05, 0) is 55.3 Å². The molecular weight excluding hydrogens is 399 g/mol. The molecule has 0 saturated heterocycles. The lowest BCUT2D eigenvalue weighted by Crippen LogP contribution is -2.37. The first-order chi connectivity index (χ1) is 13.6. The quantitative estimate of drug-likeness (QED) is 0.660. The van der Waals surface area contributed by atoms with E-state index in [-0.39, 0.29) is 4.90 Å². The molecule has 1 atom stereocenters. The molecule has 0 bridgehead atoms. The van der Waals surface area contributed by atoms with E-state index in [1.165, 1.54) is 14.0 Å².